The van der Waals surface area contributed by atoms with Crippen LogP contribution in [0.25, 0.3) is 0 Å². The van der Waals surface area contributed by atoms with Crippen LogP contribution in [0, 0.1) is 11.6 Å². The average Bonchev–Trinajstić information content (AvgIpc) is 2.52. The maximum Gasteiger partial charge on any atom is 0.244 e. The van der Waals surface area contributed by atoms with Crippen molar-refractivity contribution < 1.29 is 13.6 Å². The molecular formula is C18H20BrClF2N2O. The van der Waals surface area contributed by atoms with Crippen LogP contribution in [0.1, 0.15) is 30.9 Å². The standard InChI is InChI=1S/C18H19BrF2N2O.ClH/c1-11(15-8-7-14(20)9-16(15)21)10-23-17(24)18(2,22)12-3-5-13(19)6-4-12;/h3-9,11H,10,22H2,1-2H3,(H,23,24);1H. The van der Waals surface area contributed by atoms with Crippen LogP contribution in [0.4, 0.5) is 8.78 Å². The van der Waals surface area contributed by atoms with Crippen LogP contribution in [0.5, 0.6) is 0 Å². The van der Waals surface area contributed by atoms with Crippen LogP contribution in [0.3, 0.4) is 0 Å². The molecule has 0 aliphatic heterocycles. The van der Waals surface area contributed by atoms with Gasteiger partial charge in [0.05, 0.1) is 0 Å². The molecule has 0 saturated carbocycles. The average molecular weight is 434 g/mol. The second-order valence-corrected chi connectivity index (χ2v) is 6.90. The number of rotatable bonds is 5. The van der Waals surface area contributed by atoms with Crippen LogP contribution < -0.4 is 11.1 Å². The van der Waals surface area contributed by atoms with Crippen molar-refractivity contribution in [3.8, 4) is 0 Å². The molecule has 2 aromatic rings. The molecule has 3 nitrogen and oxygen atoms in total. The molecule has 2 aromatic carbocycles. The Morgan fingerprint density at radius 3 is 2.40 bits per heavy atom. The summed E-state index contributed by atoms with van der Waals surface area (Å²) in [5.74, 6) is -1.92. The van der Waals surface area contributed by atoms with E-state index < -0.39 is 17.2 Å². The topological polar surface area (TPSA) is 55.1 Å². The first-order valence-electron chi connectivity index (χ1n) is 7.50. The fraction of sp³-hybridized carbons (Fsp3) is 0.278. The number of nitrogens with two attached hydrogens (primary N) is 1. The minimum atomic E-state index is -1.21. The summed E-state index contributed by atoms with van der Waals surface area (Å²) in [7, 11) is 0. The van der Waals surface area contributed by atoms with Gasteiger partial charge in [-0.25, -0.2) is 8.78 Å². The second-order valence-electron chi connectivity index (χ2n) is 5.99. The number of nitrogens with one attached hydrogen (secondary N) is 1. The highest BCUT2D eigenvalue weighted by atomic mass is 79.9. The molecule has 136 valence electrons. The van der Waals surface area contributed by atoms with E-state index in [2.05, 4.69) is 21.2 Å². The zero-order valence-corrected chi connectivity index (χ0v) is 16.3. The molecule has 0 aromatic heterocycles. The summed E-state index contributed by atoms with van der Waals surface area (Å²) in [6, 6.07) is 10.6. The molecule has 0 fully saturated rings. The molecule has 2 unspecified atom stereocenters. The number of amides is 1. The van der Waals surface area contributed by atoms with Gasteiger partial charge >= 0.3 is 0 Å². The number of halogens is 4. The quantitative estimate of drug-likeness (QED) is 0.741. The van der Waals surface area contributed by atoms with Gasteiger partial charge in [0, 0.05) is 23.0 Å². The van der Waals surface area contributed by atoms with Crippen molar-refractivity contribution in [2.45, 2.75) is 25.3 Å². The van der Waals surface area contributed by atoms with Gasteiger partial charge in [-0.3, -0.25) is 4.79 Å². The van der Waals surface area contributed by atoms with E-state index in [4.69, 9.17) is 5.73 Å². The van der Waals surface area contributed by atoms with Gasteiger partial charge in [-0.05, 0) is 36.2 Å². The lowest BCUT2D eigenvalue weighted by molar-refractivity contribution is -0.126. The van der Waals surface area contributed by atoms with Gasteiger partial charge in [-0.15, -0.1) is 12.4 Å². The third-order valence-electron chi connectivity index (χ3n) is 3.98. The van der Waals surface area contributed by atoms with Gasteiger partial charge in [0.25, 0.3) is 0 Å². The van der Waals surface area contributed by atoms with E-state index in [0.717, 1.165) is 10.5 Å². The van der Waals surface area contributed by atoms with Gasteiger partial charge in [-0.2, -0.15) is 0 Å². The van der Waals surface area contributed by atoms with E-state index in [9.17, 15) is 13.6 Å². The Morgan fingerprint density at radius 1 is 1.24 bits per heavy atom. The SMILES string of the molecule is CC(CNC(=O)C(C)(N)c1ccc(Br)cc1)c1ccc(F)cc1F.Cl. The van der Waals surface area contributed by atoms with Crippen LogP contribution in [0.2, 0.25) is 0 Å². The molecule has 0 saturated heterocycles. The summed E-state index contributed by atoms with van der Waals surface area (Å²) in [4.78, 5) is 12.4. The first-order chi connectivity index (χ1) is 11.2. The van der Waals surface area contributed by atoms with Crippen molar-refractivity contribution in [3.63, 3.8) is 0 Å². The molecule has 0 heterocycles. The maximum atomic E-state index is 13.8. The summed E-state index contributed by atoms with van der Waals surface area (Å²) >= 11 is 3.33. The maximum absolute atomic E-state index is 13.8. The molecule has 3 N–H and O–H groups in total. The molecule has 0 bridgehead atoms. The minimum Gasteiger partial charge on any atom is -0.354 e. The third-order valence-corrected chi connectivity index (χ3v) is 4.51. The van der Waals surface area contributed by atoms with Crippen LogP contribution >= 0.6 is 28.3 Å². The molecule has 0 radical (unpaired) electrons. The normalized spacial score (nSPS) is 14.2. The van der Waals surface area contributed by atoms with Crippen molar-refractivity contribution in [2.75, 3.05) is 6.54 Å². The number of carbonyl (C=O) groups is 1. The molecule has 0 aliphatic rings. The largest absolute Gasteiger partial charge is 0.354 e. The van der Waals surface area contributed by atoms with Gasteiger partial charge in [-0.1, -0.05) is 41.1 Å². The number of hydrogen-bond donors (Lipinski definition) is 2. The Morgan fingerprint density at radius 2 is 1.84 bits per heavy atom. The molecule has 1 amide bonds. The van der Waals surface area contributed by atoms with Crippen molar-refractivity contribution in [1.29, 1.82) is 0 Å². The lowest BCUT2D eigenvalue weighted by atomic mass is 9.92. The summed E-state index contributed by atoms with van der Waals surface area (Å²) < 4.78 is 27.6. The van der Waals surface area contributed by atoms with E-state index in [0.29, 0.717) is 11.1 Å². The fourth-order valence-electron chi connectivity index (χ4n) is 2.37. The monoisotopic (exact) mass is 432 g/mol. The first-order valence-corrected chi connectivity index (χ1v) is 8.29. The fourth-order valence-corrected chi connectivity index (χ4v) is 2.63. The molecule has 2 atom stereocenters. The van der Waals surface area contributed by atoms with Crippen molar-refractivity contribution in [2.24, 2.45) is 5.73 Å². The molecular weight excluding hydrogens is 414 g/mol. The van der Waals surface area contributed by atoms with Crippen LogP contribution in [-0.2, 0) is 10.3 Å². The van der Waals surface area contributed by atoms with Crippen molar-refractivity contribution in [1.82, 2.24) is 5.32 Å². The highest BCUT2D eigenvalue weighted by Gasteiger charge is 2.30. The Kier molecular flexibility index (Phi) is 7.53. The van der Waals surface area contributed by atoms with E-state index >= 15 is 0 Å². The van der Waals surface area contributed by atoms with Crippen LogP contribution in [-0.4, -0.2) is 12.5 Å². The van der Waals surface area contributed by atoms with Crippen LogP contribution in [0.15, 0.2) is 46.9 Å². The van der Waals surface area contributed by atoms with Gasteiger partial charge in [0.2, 0.25) is 5.91 Å². The van der Waals surface area contributed by atoms with E-state index in [-0.39, 0.29) is 30.8 Å². The molecule has 0 aliphatic carbocycles. The highest BCUT2D eigenvalue weighted by molar-refractivity contribution is 9.10. The first kappa shape index (κ1) is 21.5. The zero-order valence-electron chi connectivity index (χ0n) is 13.9. The Balaban J connectivity index is 0.00000312. The lowest BCUT2D eigenvalue weighted by Crippen LogP contribution is -2.49. The summed E-state index contributed by atoms with van der Waals surface area (Å²) in [5.41, 5.74) is 5.97. The Bertz CT molecular complexity index is 738. The predicted molar refractivity (Wildman–Crippen MR) is 101 cm³/mol. The lowest BCUT2D eigenvalue weighted by Gasteiger charge is -2.25. The molecule has 0 spiro atoms. The van der Waals surface area contributed by atoms with E-state index in [1.165, 1.54) is 12.1 Å². The highest BCUT2D eigenvalue weighted by Crippen LogP contribution is 2.22. The van der Waals surface area contributed by atoms with E-state index in [1.807, 2.05) is 12.1 Å². The summed E-state index contributed by atoms with van der Waals surface area (Å²) in [6.45, 7) is 3.57. The molecule has 25 heavy (non-hydrogen) atoms. The van der Waals surface area contributed by atoms with Gasteiger partial charge < -0.3 is 11.1 Å². The van der Waals surface area contributed by atoms with Gasteiger partial charge in [0.15, 0.2) is 0 Å². The van der Waals surface area contributed by atoms with Crippen molar-refractivity contribution in [3.05, 3.63) is 69.7 Å². The molecule has 7 heteroatoms. The minimum absolute atomic E-state index is 0. The number of benzene rings is 2. The molecule has 2 rings (SSSR count). The summed E-state index contributed by atoms with van der Waals surface area (Å²) in [5, 5.41) is 2.74. The number of hydrogen-bond acceptors (Lipinski definition) is 2. The van der Waals surface area contributed by atoms with Gasteiger partial charge in [0.1, 0.15) is 17.2 Å². The zero-order chi connectivity index (χ0) is 17.9. The predicted octanol–water partition coefficient (Wildman–Crippen LogP) is 4.24. The van der Waals surface area contributed by atoms with Crippen molar-refractivity contribution >= 4 is 34.2 Å². The second kappa shape index (κ2) is 8.74. The van der Waals surface area contributed by atoms with E-state index in [1.54, 1.807) is 26.0 Å². The number of carbonyl (C=O) groups excluding carboxylic acids is 1. The smallest absolute Gasteiger partial charge is 0.244 e. The summed E-state index contributed by atoms with van der Waals surface area (Å²) in [6.07, 6.45) is 0. The Labute approximate surface area is 160 Å². The third kappa shape index (κ3) is 5.23. The Hall–Kier alpha value is -1.50.